The molecule has 2 atom stereocenters. The van der Waals surface area contributed by atoms with Crippen LogP contribution in [0.5, 0.6) is 11.5 Å². The molecule has 0 radical (unpaired) electrons. The Morgan fingerprint density at radius 1 is 1.12 bits per heavy atom. The second kappa shape index (κ2) is 8.09. The number of rotatable bonds is 6. The van der Waals surface area contributed by atoms with Gasteiger partial charge in [0.1, 0.15) is 0 Å². The van der Waals surface area contributed by atoms with Gasteiger partial charge in [-0.3, -0.25) is 4.90 Å². The van der Waals surface area contributed by atoms with Gasteiger partial charge in [0, 0.05) is 25.6 Å². The van der Waals surface area contributed by atoms with Gasteiger partial charge in [0.15, 0.2) is 11.5 Å². The predicted molar refractivity (Wildman–Crippen MR) is 102 cm³/mol. The van der Waals surface area contributed by atoms with Crippen molar-refractivity contribution in [1.82, 2.24) is 4.90 Å². The molecule has 0 bridgehead atoms. The Hall–Kier alpha value is -1.75. The molecule has 4 nitrogen and oxygen atoms in total. The van der Waals surface area contributed by atoms with Crippen molar-refractivity contribution in [1.29, 1.82) is 0 Å². The molecule has 3 rings (SSSR count). The molecule has 2 aromatic carbocycles. The molecule has 0 saturated carbocycles. The number of halogens is 1. The Balaban J connectivity index is 1.77. The minimum atomic E-state index is 0.470. The smallest absolute Gasteiger partial charge is 0.179 e. The Bertz CT molecular complexity index is 708. The van der Waals surface area contributed by atoms with Crippen LogP contribution in [0.3, 0.4) is 0 Å². The summed E-state index contributed by atoms with van der Waals surface area (Å²) in [5, 5.41) is 0.575. The van der Waals surface area contributed by atoms with E-state index in [1.807, 2.05) is 12.1 Å². The van der Waals surface area contributed by atoms with E-state index >= 15 is 0 Å². The van der Waals surface area contributed by atoms with Crippen molar-refractivity contribution in [2.24, 2.45) is 11.7 Å². The van der Waals surface area contributed by atoms with Crippen molar-refractivity contribution >= 4 is 11.6 Å². The molecule has 134 valence electrons. The third kappa shape index (κ3) is 3.92. The van der Waals surface area contributed by atoms with Crippen LogP contribution >= 0.6 is 11.6 Å². The minimum absolute atomic E-state index is 0.470. The van der Waals surface area contributed by atoms with Crippen LogP contribution in [0.25, 0.3) is 0 Å². The minimum Gasteiger partial charge on any atom is -0.493 e. The van der Waals surface area contributed by atoms with Crippen LogP contribution in [0.1, 0.15) is 17.0 Å². The number of ether oxygens (including phenoxy) is 2. The molecule has 1 heterocycles. The van der Waals surface area contributed by atoms with E-state index in [0.29, 0.717) is 34.9 Å². The summed E-state index contributed by atoms with van der Waals surface area (Å²) >= 11 is 6.34. The van der Waals surface area contributed by atoms with E-state index in [1.54, 1.807) is 14.2 Å². The Labute approximate surface area is 154 Å². The zero-order chi connectivity index (χ0) is 17.8. The second-order valence-corrected chi connectivity index (χ2v) is 6.93. The fraction of sp³-hybridized carbons (Fsp3) is 0.400. The molecule has 5 heteroatoms. The number of hydrogen-bond acceptors (Lipinski definition) is 4. The normalized spacial score (nSPS) is 20.6. The Kier molecular flexibility index (Phi) is 5.84. The fourth-order valence-electron chi connectivity index (χ4n) is 3.73. The van der Waals surface area contributed by atoms with E-state index < -0.39 is 0 Å². The summed E-state index contributed by atoms with van der Waals surface area (Å²) in [7, 11) is 3.23. The van der Waals surface area contributed by atoms with Crippen LogP contribution in [0.4, 0.5) is 0 Å². The average Bonchev–Trinajstić information content (AvgIpc) is 3.04. The predicted octanol–water partition coefficient (Wildman–Crippen LogP) is 3.53. The van der Waals surface area contributed by atoms with E-state index in [4.69, 9.17) is 26.8 Å². The van der Waals surface area contributed by atoms with Gasteiger partial charge in [-0.1, -0.05) is 41.9 Å². The molecule has 0 amide bonds. The van der Waals surface area contributed by atoms with Gasteiger partial charge in [-0.2, -0.15) is 0 Å². The van der Waals surface area contributed by atoms with Crippen molar-refractivity contribution in [2.75, 3.05) is 33.9 Å². The summed E-state index contributed by atoms with van der Waals surface area (Å²) in [4.78, 5) is 2.44. The van der Waals surface area contributed by atoms with Crippen LogP contribution in [0.2, 0.25) is 5.02 Å². The van der Waals surface area contributed by atoms with Crippen LogP contribution in [0, 0.1) is 5.92 Å². The summed E-state index contributed by atoms with van der Waals surface area (Å²) in [5.41, 5.74) is 8.52. The molecule has 25 heavy (non-hydrogen) atoms. The lowest BCUT2D eigenvalue weighted by Gasteiger charge is -2.18. The summed E-state index contributed by atoms with van der Waals surface area (Å²) in [5.74, 6) is 2.19. The average molecular weight is 361 g/mol. The highest BCUT2D eigenvalue weighted by Gasteiger charge is 2.32. The lowest BCUT2D eigenvalue weighted by atomic mass is 9.89. The van der Waals surface area contributed by atoms with Crippen molar-refractivity contribution in [3.63, 3.8) is 0 Å². The molecule has 0 aliphatic carbocycles. The third-order valence-electron chi connectivity index (χ3n) is 4.95. The van der Waals surface area contributed by atoms with Crippen molar-refractivity contribution in [3.8, 4) is 11.5 Å². The van der Waals surface area contributed by atoms with Crippen molar-refractivity contribution in [3.05, 3.63) is 58.6 Å². The molecular weight excluding hydrogens is 336 g/mol. The highest BCUT2D eigenvalue weighted by Crippen LogP contribution is 2.38. The summed E-state index contributed by atoms with van der Waals surface area (Å²) in [6, 6.07) is 14.6. The monoisotopic (exact) mass is 360 g/mol. The quantitative estimate of drug-likeness (QED) is 0.856. The molecule has 2 aromatic rings. The van der Waals surface area contributed by atoms with Crippen LogP contribution in [-0.4, -0.2) is 38.8 Å². The second-order valence-electron chi connectivity index (χ2n) is 6.52. The molecule has 2 N–H and O–H groups in total. The highest BCUT2D eigenvalue weighted by molar-refractivity contribution is 6.32. The summed E-state index contributed by atoms with van der Waals surface area (Å²) in [6.07, 6.45) is 0. The number of nitrogens with zero attached hydrogens (tertiary/aromatic N) is 1. The van der Waals surface area contributed by atoms with Gasteiger partial charge in [-0.25, -0.2) is 0 Å². The van der Waals surface area contributed by atoms with Crippen LogP contribution in [-0.2, 0) is 6.54 Å². The van der Waals surface area contributed by atoms with Gasteiger partial charge >= 0.3 is 0 Å². The Morgan fingerprint density at radius 2 is 1.88 bits per heavy atom. The lowest BCUT2D eigenvalue weighted by Crippen LogP contribution is -2.23. The van der Waals surface area contributed by atoms with Gasteiger partial charge < -0.3 is 15.2 Å². The van der Waals surface area contributed by atoms with Gasteiger partial charge in [0.05, 0.1) is 19.2 Å². The number of benzene rings is 2. The molecule has 1 aliphatic rings. The maximum atomic E-state index is 6.34. The molecule has 0 aromatic heterocycles. The van der Waals surface area contributed by atoms with Gasteiger partial charge in [0.25, 0.3) is 0 Å². The molecule has 0 spiro atoms. The zero-order valence-corrected chi connectivity index (χ0v) is 15.5. The molecule has 0 unspecified atom stereocenters. The lowest BCUT2D eigenvalue weighted by molar-refractivity contribution is 0.314. The molecule has 1 fully saturated rings. The Morgan fingerprint density at radius 3 is 2.52 bits per heavy atom. The highest BCUT2D eigenvalue weighted by atomic mass is 35.5. The summed E-state index contributed by atoms with van der Waals surface area (Å²) < 4.78 is 10.7. The fourth-order valence-corrected chi connectivity index (χ4v) is 4.04. The van der Waals surface area contributed by atoms with Crippen LogP contribution < -0.4 is 15.2 Å². The topological polar surface area (TPSA) is 47.7 Å². The van der Waals surface area contributed by atoms with E-state index in [2.05, 4.69) is 35.2 Å². The first-order chi connectivity index (χ1) is 12.2. The maximum Gasteiger partial charge on any atom is 0.179 e. The first-order valence-corrected chi connectivity index (χ1v) is 8.91. The van der Waals surface area contributed by atoms with Gasteiger partial charge in [-0.05, 0) is 35.7 Å². The van der Waals surface area contributed by atoms with Crippen molar-refractivity contribution in [2.45, 2.75) is 12.5 Å². The number of likely N-dealkylation sites (tertiary alicyclic amines) is 1. The SMILES string of the molecule is COc1cc(CN2C[C@@H](CN)[C@H](c3ccccc3)C2)cc(Cl)c1OC. The maximum absolute atomic E-state index is 6.34. The molecule has 1 saturated heterocycles. The number of hydrogen-bond donors (Lipinski definition) is 1. The number of nitrogens with two attached hydrogens (primary N) is 1. The first kappa shape index (κ1) is 18.1. The van der Waals surface area contributed by atoms with Crippen LogP contribution in [0.15, 0.2) is 42.5 Å². The number of methoxy groups -OCH3 is 2. The van der Waals surface area contributed by atoms with Crippen molar-refractivity contribution < 1.29 is 9.47 Å². The zero-order valence-electron chi connectivity index (χ0n) is 14.7. The van der Waals surface area contributed by atoms with E-state index in [1.165, 1.54) is 5.56 Å². The first-order valence-electron chi connectivity index (χ1n) is 8.54. The molecular formula is C20H25ClN2O2. The molecule has 1 aliphatic heterocycles. The van der Waals surface area contributed by atoms with E-state index in [0.717, 1.165) is 25.2 Å². The van der Waals surface area contributed by atoms with E-state index in [-0.39, 0.29) is 0 Å². The third-order valence-corrected chi connectivity index (χ3v) is 5.23. The largest absolute Gasteiger partial charge is 0.493 e. The summed E-state index contributed by atoms with van der Waals surface area (Å²) in [6.45, 7) is 3.50. The van der Waals surface area contributed by atoms with Gasteiger partial charge in [-0.15, -0.1) is 0 Å². The standard InChI is InChI=1S/C20H25ClN2O2/c1-24-19-9-14(8-18(21)20(19)25-2)11-23-12-16(10-22)17(13-23)15-6-4-3-5-7-15/h3-9,16-17H,10-13,22H2,1-2H3/t16-,17+/m1/s1. The van der Waals surface area contributed by atoms with E-state index in [9.17, 15) is 0 Å². The van der Waals surface area contributed by atoms with Gasteiger partial charge in [0.2, 0.25) is 0 Å².